The number of pyridine rings is 1. The van der Waals surface area contributed by atoms with Crippen molar-refractivity contribution in [2.75, 3.05) is 5.32 Å². The number of halogens is 6. The van der Waals surface area contributed by atoms with E-state index in [9.17, 15) is 35.9 Å². The van der Waals surface area contributed by atoms with Crippen molar-refractivity contribution in [3.8, 4) is 11.4 Å². The summed E-state index contributed by atoms with van der Waals surface area (Å²) < 4.78 is 84.7. The van der Waals surface area contributed by atoms with Crippen LogP contribution in [0.15, 0.2) is 52.6 Å². The first kappa shape index (κ1) is 28.8. The molecule has 2 atom stereocenters. The SMILES string of the molecule is C[C@H](C[C@@H](F)Cn1ccc2cc(-c3ncc(C(C)(C)F)cn3)c(F)cc2c1=O)Nc1cn[nH]c(=O)c1C(F)(F)F. The van der Waals surface area contributed by atoms with Gasteiger partial charge in [0.2, 0.25) is 0 Å². The van der Waals surface area contributed by atoms with Gasteiger partial charge in [0.15, 0.2) is 5.82 Å². The van der Waals surface area contributed by atoms with Crippen molar-refractivity contribution in [3.05, 3.63) is 80.6 Å². The van der Waals surface area contributed by atoms with Crippen molar-refractivity contribution in [3.63, 3.8) is 0 Å². The molecule has 0 spiro atoms. The second kappa shape index (κ2) is 10.7. The fourth-order valence-electron chi connectivity index (χ4n) is 4.18. The van der Waals surface area contributed by atoms with Crippen LogP contribution in [-0.4, -0.2) is 36.9 Å². The summed E-state index contributed by atoms with van der Waals surface area (Å²) in [5.74, 6) is -0.817. The summed E-state index contributed by atoms with van der Waals surface area (Å²) in [6, 6.07) is 2.95. The fraction of sp³-hybridized carbons (Fsp3) is 0.346. The lowest BCUT2D eigenvalue weighted by atomic mass is 10.0. The fourth-order valence-corrected chi connectivity index (χ4v) is 4.18. The van der Waals surface area contributed by atoms with Gasteiger partial charge in [-0.3, -0.25) is 9.59 Å². The predicted molar refractivity (Wildman–Crippen MR) is 136 cm³/mol. The van der Waals surface area contributed by atoms with E-state index in [1.165, 1.54) is 51.5 Å². The minimum Gasteiger partial charge on any atom is -0.381 e. The van der Waals surface area contributed by atoms with Gasteiger partial charge in [0.1, 0.15) is 23.2 Å². The summed E-state index contributed by atoms with van der Waals surface area (Å²) in [6.07, 6.45) is -2.36. The molecule has 3 heterocycles. The van der Waals surface area contributed by atoms with E-state index in [4.69, 9.17) is 0 Å². The lowest BCUT2D eigenvalue weighted by Crippen LogP contribution is -2.30. The van der Waals surface area contributed by atoms with Gasteiger partial charge in [0.25, 0.3) is 11.1 Å². The van der Waals surface area contributed by atoms with Crippen LogP contribution in [0.2, 0.25) is 0 Å². The number of hydrogen-bond acceptors (Lipinski definition) is 6. The summed E-state index contributed by atoms with van der Waals surface area (Å²) in [4.78, 5) is 32.6. The molecule has 212 valence electrons. The average molecular weight is 567 g/mol. The molecule has 0 fully saturated rings. The molecule has 0 bridgehead atoms. The van der Waals surface area contributed by atoms with E-state index in [0.717, 1.165) is 16.8 Å². The number of anilines is 1. The highest BCUT2D eigenvalue weighted by Gasteiger charge is 2.37. The molecule has 0 aliphatic heterocycles. The lowest BCUT2D eigenvalue weighted by Gasteiger charge is -2.20. The van der Waals surface area contributed by atoms with E-state index in [0.29, 0.717) is 5.39 Å². The molecule has 8 nitrogen and oxygen atoms in total. The van der Waals surface area contributed by atoms with Gasteiger partial charge in [-0.15, -0.1) is 0 Å². The van der Waals surface area contributed by atoms with Crippen molar-refractivity contribution < 1.29 is 26.3 Å². The molecule has 40 heavy (non-hydrogen) atoms. The Balaban J connectivity index is 1.51. The Morgan fingerprint density at radius 3 is 2.38 bits per heavy atom. The highest BCUT2D eigenvalue weighted by molar-refractivity contribution is 5.86. The zero-order valence-corrected chi connectivity index (χ0v) is 21.5. The summed E-state index contributed by atoms with van der Waals surface area (Å²) >= 11 is 0. The van der Waals surface area contributed by atoms with Crippen LogP contribution in [0, 0.1) is 5.82 Å². The molecule has 4 aromatic rings. The van der Waals surface area contributed by atoms with Gasteiger partial charge < -0.3 is 9.88 Å². The Morgan fingerprint density at radius 2 is 1.75 bits per heavy atom. The quantitative estimate of drug-likeness (QED) is 0.287. The first-order valence-electron chi connectivity index (χ1n) is 12.0. The first-order chi connectivity index (χ1) is 18.6. The van der Waals surface area contributed by atoms with Gasteiger partial charge in [0, 0.05) is 36.6 Å². The topological polar surface area (TPSA) is 106 Å². The van der Waals surface area contributed by atoms with E-state index >= 15 is 0 Å². The Morgan fingerprint density at radius 1 is 1.07 bits per heavy atom. The van der Waals surface area contributed by atoms with Crippen LogP contribution >= 0.6 is 0 Å². The van der Waals surface area contributed by atoms with Crippen LogP contribution in [0.25, 0.3) is 22.2 Å². The summed E-state index contributed by atoms with van der Waals surface area (Å²) in [5.41, 5.74) is -5.69. The first-order valence-corrected chi connectivity index (χ1v) is 12.0. The number of fused-ring (bicyclic) bond motifs is 1. The molecule has 0 amide bonds. The molecule has 0 saturated carbocycles. The highest BCUT2D eigenvalue weighted by Crippen LogP contribution is 2.32. The number of aromatic nitrogens is 5. The number of rotatable bonds is 8. The van der Waals surface area contributed by atoms with Crippen LogP contribution in [0.4, 0.5) is 32.0 Å². The van der Waals surface area contributed by atoms with Crippen molar-refractivity contribution in [2.24, 2.45) is 0 Å². The third kappa shape index (κ3) is 6.15. The maximum Gasteiger partial charge on any atom is 0.423 e. The monoisotopic (exact) mass is 566 g/mol. The smallest absolute Gasteiger partial charge is 0.381 e. The Labute approximate surface area is 223 Å². The maximum atomic E-state index is 14.9. The summed E-state index contributed by atoms with van der Waals surface area (Å²) in [5, 5.41) is 7.82. The minimum atomic E-state index is -4.96. The molecule has 0 saturated heterocycles. The van der Waals surface area contributed by atoms with Crippen LogP contribution in [-0.2, 0) is 18.4 Å². The molecule has 0 aliphatic rings. The zero-order chi connectivity index (χ0) is 29.4. The normalized spacial score (nSPS) is 13.8. The van der Waals surface area contributed by atoms with E-state index < -0.39 is 58.8 Å². The zero-order valence-electron chi connectivity index (χ0n) is 21.5. The number of nitrogens with zero attached hydrogens (tertiary/aromatic N) is 4. The number of alkyl halides is 5. The largest absolute Gasteiger partial charge is 0.423 e. The molecule has 0 unspecified atom stereocenters. The van der Waals surface area contributed by atoms with E-state index in [2.05, 4.69) is 20.4 Å². The molecule has 14 heteroatoms. The molecule has 3 aromatic heterocycles. The van der Waals surface area contributed by atoms with E-state index in [1.807, 2.05) is 0 Å². The van der Waals surface area contributed by atoms with Gasteiger partial charge in [-0.05, 0) is 44.4 Å². The van der Waals surface area contributed by atoms with Crippen LogP contribution < -0.4 is 16.4 Å². The van der Waals surface area contributed by atoms with Gasteiger partial charge >= 0.3 is 6.18 Å². The van der Waals surface area contributed by atoms with E-state index in [-0.39, 0.29) is 28.8 Å². The molecule has 1 aromatic carbocycles. The van der Waals surface area contributed by atoms with Gasteiger partial charge in [-0.2, -0.15) is 18.3 Å². The van der Waals surface area contributed by atoms with Crippen LogP contribution in [0.5, 0.6) is 0 Å². The third-order valence-corrected chi connectivity index (χ3v) is 6.19. The molecule has 4 rings (SSSR count). The molecular weight excluding hydrogens is 542 g/mol. The molecule has 0 aliphatic carbocycles. The highest BCUT2D eigenvalue weighted by atomic mass is 19.4. The second-order valence-corrected chi connectivity index (χ2v) is 9.82. The van der Waals surface area contributed by atoms with Gasteiger partial charge in [0.05, 0.1) is 29.4 Å². The number of hydrogen-bond donors (Lipinski definition) is 2. The van der Waals surface area contributed by atoms with E-state index in [1.54, 1.807) is 5.10 Å². The summed E-state index contributed by atoms with van der Waals surface area (Å²) in [7, 11) is 0. The van der Waals surface area contributed by atoms with Crippen molar-refractivity contribution >= 4 is 16.5 Å². The van der Waals surface area contributed by atoms with Crippen molar-refractivity contribution in [2.45, 2.75) is 57.8 Å². The molecule has 2 N–H and O–H groups in total. The Bertz CT molecular complexity index is 1640. The van der Waals surface area contributed by atoms with Gasteiger partial charge in [-0.1, -0.05) is 0 Å². The Hall–Kier alpha value is -4.23. The third-order valence-electron chi connectivity index (χ3n) is 6.19. The summed E-state index contributed by atoms with van der Waals surface area (Å²) in [6.45, 7) is 3.63. The minimum absolute atomic E-state index is 0.00817. The van der Waals surface area contributed by atoms with Crippen LogP contribution in [0.1, 0.15) is 38.3 Å². The number of benzene rings is 1. The maximum absolute atomic E-state index is 14.9. The lowest BCUT2D eigenvalue weighted by molar-refractivity contribution is -0.138. The molecule has 0 radical (unpaired) electrons. The second-order valence-electron chi connectivity index (χ2n) is 9.82. The van der Waals surface area contributed by atoms with Crippen LogP contribution in [0.3, 0.4) is 0 Å². The van der Waals surface area contributed by atoms with Crippen molar-refractivity contribution in [1.82, 2.24) is 24.7 Å². The average Bonchev–Trinajstić information content (AvgIpc) is 2.84. The number of nitrogens with one attached hydrogen (secondary N) is 2. The standard InChI is InChI=1S/C26H24F6N6O2/c1-13(36-20-11-35-37-23(39)21(20)26(30,31)32)6-16(27)12-38-5-4-14-7-18(19(28)8-17(14)24(38)40)22-33-9-15(10-34-22)25(2,3)29/h4-5,7-11,13,16H,6,12H2,1-3H3,(H2,36,37,39)/t13-,16-/m1/s1. The van der Waals surface area contributed by atoms with Crippen molar-refractivity contribution in [1.29, 1.82) is 0 Å². The number of aromatic amines is 1. The van der Waals surface area contributed by atoms with Gasteiger partial charge in [-0.25, -0.2) is 28.2 Å². The number of H-pyrrole nitrogens is 1. The molecular formula is C26H24F6N6O2. The Kier molecular flexibility index (Phi) is 7.72. The predicted octanol–water partition coefficient (Wildman–Crippen LogP) is 5.13.